The van der Waals surface area contributed by atoms with E-state index in [0.29, 0.717) is 25.7 Å². The second-order valence-electron chi connectivity index (χ2n) is 17.8. The van der Waals surface area contributed by atoms with Crippen molar-refractivity contribution in [2.45, 2.75) is 284 Å². The van der Waals surface area contributed by atoms with Crippen molar-refractivity contribution in [2.75, 3.05) is 13.2 Å². The topological polar surface area (TPSA) is 78.9 Å². The number of carbonyl (C=O) groups is 3. The monoisotopic (exact) mass is 857 g/mol. The van der Waals surface area contributed by atoms with E-state index in [9.17, 15) is 14.4 Å². The van der Waals surface area contributed by atoms with E-state index in [-0.39, 0.29) is 31.1 Å². The smallest absolute Gasteiger partial charge is 0.306 e. The van der Waals surface area contributed by atoms with Gasteiger partial charge < -0.3 is 14.2 Å². The largest absolute Gasteiger partial charge is 0.462 e. The molecule has 0 aromatic rings. The van der Waals surface area contributed by atoms with E-state index in [2.05, 4.69) is 57.2 Å². The number of unbranched alkanes of at least 4 members (excludes halogenated alkanes) is 31. The zero-order valence-corrected chi connectivity index (χ0v) is 40.7. The first-order valence-electron chi connectivity index (χ1n) is 26.5. The molecule has 0 saturated carbocycles. The second kappa shape index (κ2) is 50.3. The van der Waals surface area contributed by atoms with E-state index < -0.39 is 6.10 Å². The maximum absolute atomic E-state index is 12.8. The van der Waals surface area contributed by atoms with Crippen molar-refractivity contribution in [1.82, 2.24) is 0 Å². The lowest BCUT2D eigenvalue weighted by Gasteiger charge is -2.18. The molecule has 0 aliphatic rings. The van der Waals surface area contributed by atoms with Gasteiger partial charge in [-0.3, -0.25) is 14.4 Å². The van der Waals surface area contributed by atoms with E-state index in [1.165, 1.54) is 167 Å². The molecule has 0 aliphatic heterocycles. The van der Waals surface area contributed by atoms with Crippen molar-refractivity contribution >= 4 is 17.9 Å². The fourth-order valence-corrected chi connectivity index (χ4v) is 7.70. The van der Waals surface area contributed by atoms with Crippen LogP contribution in [0.15, 0.2) is 36.5 Å². The summed E-state index contributed by atoms with van der Waals surface area (Å²) in [6.07, 6.45) is 58.6. The Hall–Kier alpha value is -2.37. The molecule has 0 amide bonds. The number of rotatable bonds is 48. The number of ether oxygens (including phenoxy) is 3. The van der Waals surface area contributed by atoms with Crippen LogP contribution in [-0.2, 0) is 28.6 Å². The van der Waals surface area contributed by atoms with Crippen LogP contribution in [0.5, 0.6) is 0 Å². The number of allylic oxidation sites excluding steroid dienone is 6. The SMILES string of the molecule is CC/C=C\C/C=C\C/C=C\CCCC(=O)OCC(COC(=O)CCCCCCCCCCCCCCCCCC)OC(=O)CCCCCCCCCCCCCCCCCC. The molecule has 0 N–H and O–H groups in total. The first-order chi connectivity index (χ1) is 30.0. The molecule has 0 aromatic heterocycles. The van der Waals surface area contributed by atoms with Crippen molar-refractivity contribution in [3.05, 3.63) is 36.5 Å². The van der Waals surface area contributed by atoms with Gasteiger partial charge in [-0.05, 0) is 44.9 Å². The fraction of sp³-hybridized carbons (Fsp3) is 0.836. The zero-order chi connectivity index (χ0) is 44.4. The second-order valence-corrected chi connectivity index (χ2v) is 17.8. The lowest BCUT2D eigenvalue weighted by Crippen LogP contribution is -2.30. The molecule has 0 aromatic carbocycles. The molecule has 1 unspecified atom stereocenters. The lowest BCUT2D eigenvalue weighted by atomic mass is 10.0. The van der Waals surface area contributed by atoms with Crippen LogP contribution in [0.25, 0.3) is 0 Å². The minimum Gasteiger partial charge on any atom is -0.462 e. The highest BCUT2D eigenvalue weighted by Crippen LogP contribution is 2.16. The van der Waals surface area contributed by atoms with Gasteiger partial charge in [-0.1, -0.05) is 250 Å². The van der Waals surface area contributed by atoms with Crippen molar-refractivity contribution < 1.29 is 28.6 Å². The predicted molar refractivity (Wildman–Crippen MR) is 261 cm³/mol. The number of carbonyl (C=O) groups excluding carboxylic acids is 3. The first-order valence-corrected chi connectivity index (χ1v) is 26.5. The average molecular weight is 857 g/mol. The predicted octanol–water partition coefficient (Wildman–Crippen LogP) is 17.3. The van der Waals surface area contributed by atoms with E-state index in [1.807, 2.05) is 0 Å². The molecule has 0 rings (SSSR count). The fourth-order valence-electron chi connectivity index (χ4n) is 7.70. The summed E-state index contributed by atoms with van der Waals surface area (Å²) in [6, 6.07) is 0. The van der Waals surface area contributed by atoms with Gasteiger partial charge in [0.2, 0.25) is 0 Å². The van der Waals surface area contributed by atoms with Crippen LogP contribution in [-0.4, -0.2) is 37.2 Å². The summed E-state index contributed by atoms with van der Waals surface area (Å²) in [5, 5.41) is 0. The van der Waals surface area contributed by atoms with Crippen LogP contribution in [0.2, 0.25) is 0 Å². The number of esters is 3. The van der Waals surface area contributed by atoms with Gasteiger partial charge >= 0.3 is 17.9 Å². The van der Waals surface area contributed by atoms with Crippen LogP contribution in [0.4, 0.5) is 0 Å². The molecule has 1 atom stereocenters. The summed E-state index contributed by atoms with van der Waals surface area (Å²) in [7, 11) is 0. The van der Waals surface area contributed by atoms with Crippen molar-refractivity contribution in [1.29, 1.82) is 0 Å². The number of hydrogen-bond donors (Lipinski definition) is 0. The van der Waals surface area contributed by atoms with Crippen LogP contribution >= 0.6 is 0 Å². The van der Waals surface area contributed by atoms with Gasteiger partial charge in [0, 0.05) is 19.3 Å². The Morgan fingerprint density at radius 1 is 0.344 bits per heavy atom. The molecule has 0 fully saturated rings. The van der Waals surface area contributed by atoms with Gasteiger partial charge in [-0.2, -0.15) is 0 Å². The van der Waals surface area contributed by atoms with Crippen LogP contribution < -0.4 is 0 Å². The lowest BCUT2D eigenvalue weighted by molar-refractivity contribution is -0.167. The summed E-state index contributed by atoms with van der Waals surface area (Å²) in [4.78, 5) is 37.9. The van der Waals surface area contributed by atoms with Gasteiger partial charge in [0.15, 0.2) is 6.10 Å². The van der Waals surface area contributed by atoms with E-state index >= 15 is 0 Å². The van der Waals surface area contributed by atoms with Crippen LogP contribution in [0.1, 0.15) is 278 Å². The molecular weight excluding hydrogens is 757 g/mol. The quantitative estimate of drug-likeness (QED) is 0.0262. The van der Waals surface area contributed by atoms with E-state index in [0.717, 1.165) is 64.2 Å². The van der Waals surface area contributed by atoms with Gasteiger partial charge in [-0.25, -0.2) is 0 Å². The third-order valence-corrected chi connectivity index (χ3v) is 11.7. The molecule has 0 radical (unpaired) electrons. The third-order valence-electron chi connectivity index (χ3n) is 11.7. The molecule has 356 valence electrons. The van der Waals surface area contributed by atoms with Crippen molar-refractivity contribution in [3.8, 4) is 0 Å². The molecule has 61 heavy (non-hydrogen) atoms. The van der Waals surface area contributed by atoms with Gasteiger partial charge in [0.05, 0.1) is 0 Å². The first kappa shape index (κ1) is 58.6. The molecule has 0 heterocycles. The normalized spacial score (nSPS) is 12.2. The maximum Gasteiger partial charge on any atom is 0.306 e. The summed E-state index contributed by atoms with van der Waals surface area (Å²) in [5.74, 6) is -0.926. The molecule has 0 bridgehead atoms. The Balaban J connectivity index is 4.34. The van der Waals surface area contributed by atoms with E-state index in [1.54, 1.807) is 0 Å². The third kappa shape index (κ3) is 48.5. The standard InChI is InChI=1S/C55H100O6/c1-4-7-10-13-16-19-22-24-26-28-30-33-36-39-42-45-48-54(57)60-51-52(50-59-53(56)47-44-41-38-35-32-21-18-15-12-9-6-3)61-55(58)49-46-43-40-37-34-31-29-27-25-23-20-17-14-11-8-5-2/h9,12,18,21,35,38,52H,4-8,10-11,13-17,19-20,22-34,36-37,39-51H2,1-3H3/b12-9-,21-18-,38-35-. The van der Waals surface area contributed by atoms with Crippen LogP contribution in [0, 0.1) is 0 Å². The Kier molecular flexibility index (Phi) is 48.3. The minimum atomic E-state index is -0.786. The molecular formula is C55H100O6. The number of hydrogen-bond acceptors (Lipinski definition) is 6. The molecule has 6 heteroatoms. The summed E-state index contributed by atoms with van der Waals surface area (Å²) < 4.78 is 16.8. The highest BCUT2D eigenvalue weighted by molar-refractivity contribution is 5.71. The van der Waals surface area contributed by atoms with Crippen LogP contribution in [0.3, 0.4) is 0 Å². The van der Waals surface area contributed by atoms with Gasteiger partial charge in [0.25, 0.3) is 0 Å². The summed E-state index contributed by atoms with van der Waals surface area (Å²) in [5.41, 5.74) is 0. The molecule has 6 nitrogen and oxygen atoms in total. The highest BCUT2D eigenvalue weighted by Gasteiger charge is 2.19. The van der Waals surface area contributed by atoms with Gasteiger partial charge in [0.1, 0.15) is 13.2 Å². The minimum absolute atomic E-state index is 0.0832. The maximum atomic E-state index is 12.8. The van der Waals surface area contributed by atoms with Crippen molar-refractivity contribution in [3.63, 3.8) is 0 Å². The Morgan fingerprint density at radius 2 is 0.639 bits per heavy atom. The highest BCUT2D eigenvalue weighted by atomic mass is 16.6. The van der Waals surface area contributed by atoms with Crippen molar-refractivity contribution in [2.24, 2.45) is 0 Å². The zero-order valence-electron chi connectivity index (χ0n) is 40.7. The Bertz CT molecular complexity index is 1030. The molecule has 0 aliphatic carbocycles. The van der Waals surface area contributed by atoms with E-state index in [4.69, 9.17) is 14.2 Å². The molecule has 0 spiro atoms. The summed E-state index contributed by atoms with van der Waals surface area (Å²) >= 11 is 0. The molecule has 0 saturated heterocycles. The Morgan fingerprint density at radius 3 is 1.00 bits per heavy atom. The Labute approximate surface area is 378 Å². The summed E-state index contributed by atoms with van der Waals surface area (Å²) in [6.45, 7) is 6.51. The average Bonchev–Trinajstić information content (AvgIpc) is 3.26. The van der Waals surface area contributed by atoms with Gasteiger partial charge in [-0.15, -0.1) is 0 Å².